The molecule has 4 N–H and O–H groups in total. The van der Waals surface area contributed by atoms with E-state index in [2.05, 4.69) is 4.98 Å². The molecule has 1 aromatic carbocycles. The first kappa shape index (κ1) is 15.8. The molecule has 1 atom stereocenters. The summed E-state index contributed by atoms with van der Waals surface area (Å²) in [6, 6.07) is 4.31. The second-order valence-electron chi connectivity index (χ2n) is 4.45. The van der Waals surface area contributed by atoms with Gasteiger partial charge in [0.15, 0.2) is 11.6 Å². The van der Waals surface area contributed by atoms with Crippen LogP contribution in [0.4, 0.5) is 10.2 Å². The van der Waals surface area contributed by atoms with E-state index in [1.807, 2.05) is 0 Å². The van der Waals surface area contributed by atoms with Crippen molar-refractivity contribution in [1.29, 1.82) is 0 Å². The van der Waals surface area contributed by atoms with Gasteiger partial charge in [-0.1, -0.05) is 23.2 Å². The Hall–Kier alpha value is -1.56. The highest BCUT2D eigenvalue weighted by molar-refractivity contribution is 6.36. The fourth-order valence-electron chi connectivity index (χ4n) is 1.87. The molecule has 0 saturated heterocycles. The first-order valence-corrected chi connectivity index (χ1v) is 6.94. The Labute approximate surface area is 131 Å². The predicted octanol–water partition coefficient (Wildman–Crippen LogP) is 3.71. The predicted molar refractivity (Wildman–Crippen MR) is 82.0 cm³/mol. The van der Waals surface area contributed by atoms with Gasteiger partial charge in [-0.2, -0.15) is 0 Å². The van der Waals surface area contributed by atoms with Gasteiger partial charge in [0.2, 0.25) is 0 Å². The van der Waals surface area contributed by atoms with Gasteiger partial charge in [-0.25, -0.2) is 9.37 Å². The van der Waals surface area contributed by atoms with Crippen LogP contribution in [-0.4, -0.2) is 4.98 Å². The largest absolute Gasteiger partial charge is 0.482 e. The smallest absolute Gasteiger partial charge is 0.166 e. The van der Waals surface area contributed by atoms with Crippen LogP contribution in [0.3, 0.4) is 0 Å². The molecule has 0 saturated carbocycles. The fourth-order valence-corrected chi connectivity index (χ4v) is 2.54. The molecule has 4 nitrogen and oxygen atoms in total. The van der Waals surface area contributed by atoms with E-state index >= 15 is 0 Å². The summed E-state index contributed by atoms with van der Waals surface area (Å²) in [6.07, 6.45) is 0.965. The highest BCUT2D eigenvalue weighted by Crippen LogP contribution is 2.35. The van der Waals surface area contributed by atoms with Crippen LogP contribution in [0.2, 0.25) is 10.0 Å². The highest BCUT2D eigenvalue weighted by atomic mass is 35.5. The molecule has 0 aliphatic heterocycles. The molecule has 1 heterocycles. The van der Waals surface area contributed by atoms with E-state index < -0.39 is 11.9 Å². The molecule has 0 amide bonds. The number of anilines is 1. The zero-order valence-corrected chi connectivity index (χ0v) is 12.7. The monoisotopic (exact) mass is 329 g/mol. The Morgan fingerprint density at radius 3 is 2.76 bits per heavy atom. The van der Waals surface area contributed by atoms with Crippen molar-refractivity contribution in [3.8, 4) is 5.75 Å². The molecule has 0 spiro atoms. The summed E-state index contributed by atoms with van der Waals surface area (Å²) in [6.45, 7) is 2.00. The van der Waals surface area contributed by atoms with Crippen LogP contribution in [0.5, 0.6) is 5.75 Å². The average molecular weight is 330 g/mol. The van der Waals surface area contributed by atoms with E-state index in [1.54, 1.807) is 19.2 Å². The Morgan fingerprint density at radius 1 is 1.38 bits per heavy atom. The van der Waals surface area contributed by atoms with Gasteiger partial charge >= 0.3 is 0 Å². The van der Waals surface area contributed by atoms with Crippen LogP contribution in [0.15, 0.2) is 24.4 Å². The van der Waals surface area contributed by atoms with E-state index in [-0.39, 0.29) is 10.8 Å². The number of pyridine rings is 1. The zero-order chi connectivity index (χ0) is 15.6. The second kappa shape index (κ2) is 6.47. The highest BCUT2D eigenvalue weighted by Gasteiger charge is 2.19. The maximum Gasteiger partial charge on any atom is 0.166 e. The Morgan fingerprint density at radius 2 is 2.10 bits per heavy atom. The SMILES string of the molecule is CC(Oc1cc(CN)cnc1N)c1c(Cl)ccc(F)c1Cl. The molecule has 1 unspecified atom stereocenters. The van der Waals surface area contributed by atoms with Crippen molar-refractivity contribution in [2.24, 2.45) is 5.73 Å². The van der Waals surface area contributed by atoms with Crippen LogP contribution in [0.25, 0.3) is 0 Å². The molecule has 0 fully saturated rings. The normalized spacial score (nSPS) is 12.2. The maximum absolute atomic E-state index is 13.6. The van der Waals surface area contributed by atoms with Crippen LogP contribution < -0.4 is 16.2 Å². The molecular formula is C14H14Cl2FN3O. The van der Waals surface area contributed by atoms with Crippen molar-refractivity contribution >= 4 is 29.0 Å². The molecule has 2 aromatic rings. The standard InChI is InChI=1S/C14H14Cl2FN3O/c1-7(12-9(15)2-3-10(17)13(12)16)21-11-4-8(5-18)6-20-14(11)19/h2-4,6-7H,5,18H2,1H3,(H2,19,20). The molecule has 2 rings (SSSR count). The topological polar surface area (TPSA) is 74.2 Å². The summed E-state index contributed by atoms with van der Waals surface area (Å²) in [5.74, 6) is -0.00198. The van der Waals surface area contributed by atoms with Crippen molar-refractivity contribution in [3.05, 3.63) is 51.4 Å². The van der Waals surface area contributed by atoms with Crippen molar-refractivity contribution in [2.45, 2.75) is 19.6 Å². The summed E-state index contributed by atoms with van der Waals surface area (Å²) in [5, 5.41) is 0.243. The minimum Gasteiger partial charge on any atom is -0.482 e. The summed E-state index contributed by atoms with van der Waals surface area (Å²) in [4.78, 5) is 3.99. The lowest BCUT2D eigenvalue weighted by Crippen LogP contribution is -2.09. The first-order valence-electron chi connectivity index (χ1n) is 6.18. The fraction of sp³-hybridized carbons (Fsp3) is 0.214. The quantitative estimate of drug-likeness (QED) is 0.838. The number of nitrogens with zero attached hydrogens (tertiary/aromatic N) is 1. The van der Waals surface area contributed by atoms with Crippen LogP contribution >= 0.6 is 23.2 Å². The van der Waals surface area contributed by atoms with Gasteiger partial charge in [-0.3, -0.25) is 0 Å². The number of aromatic nitrogens is 1. The van der Waals surface area contributed by atoms with Gasteiger partial charge in [0.25, 0.3) is 0 Å². The lowest BCUT2D eigenvalue weighted by molar-refractivity contribution is 0.227. The first-order chi connectivity index (χ1) is 9.93. The van der Waals surface area contributed by atoms with E-state index in [0.29, 0.717) is 22.9 Å². The molecular weight excluding hydrogens is 316 g/mol. The van der Waals surface area contributed by atoms with Gasteiger partial charge in [0.05, 0.1) is 5.02 Å². The molecule has 0 aliphatic rings. The van der Waals surface area contributed by atoms with Gasteiger partial charge in [-0.15, -0.1) is 0 Å². The third-order valence-corrected chi connectivity index (χ3v) is 3.68. The molecule has 0 aliphatic carbocycles. The van der Waals surface area contributed by atoms with E-state index in [1.165, 1.54) is 12.1 Å². The van der Waals surface area contributed by atoms with Crippen molar-refractivity contribution in [2.75, 3.05) is 5.73 Å². The van der Waals surface area contributed by atoms with Gasteiger partial charge in [-0.05, 0) is 30.7 Å². The molecule has 112 valence electrons. The summed E-state index contributed by atoms with van der Waals surface area (Å²) >= 11 is 12.0. The van der Waals surface area contributed by atoms with Gasteiger partial charge < -0.3 is 16.2 Å². The Kier molecular flexibility index (Phi) is 4.88. The lowest BCUT2D eigenvalue weighted by Gasteiger charge is -2.19. The number of hydrogen-bond donors (Lipinski definition) is 2. The minimum atomic E-state index is -0.599. The van der Waals surface area contributed by atoms with Gasteiger partial charge in [0.1, 0.15) is 11.9 Å². The van der Waals surface area contributed by atoms with Crippen molar-refractivity contribution in [1.82, 2.24) is 4.98 Å². The average Bonchev–Trinajstić information content (AvgIpc) is 2.46. The van der Waals surface area contributed by atoms with E-state index in [0.717, 1.165) is 5.56 Å². The number of nitrogen functional groups attached to an aromatic ring is 1. The number of rotatable bonds is 4. The van der Waals surface area contributed by atoms with Gasteiger partial charge in [0, 0.05) is 23.3 Å². The molecule has 0 radical (unpaired) electrons. The Balaban J connectivity index is 2.34. The third-order valence-electron chi connectivity index (χ3n) is 2.96. The molecule has 7 heteroatoms. The molecule has 1 aromatic heterocycles. The van der Waals surface area contributed by atoms with Crippen LogP contribution in [0.1, 0.15) is 24.2 Å². The number of ether oxygens (including phenoxy) is 1. The van der Waals surface area contributed by atoms with Crippen LogP contribution in [-0.2, 0) is 6.54 Å². The minimum absolute atomic E-state index is 0.0727. The number of benzene rings is 1. The van der Waals surface area contributed by atoms with E-state index in [9.17, 15) is 4.39 Å². The molecule has 21 heavy (non-hydrogen) atoms. The van der Waals surface area contributed by atoms with Crippen molar-refractivity contribution in [3.63, 3.8) is 0 Å². The lowest BCUT2D eigenvalue weighted by atomic mass is 10.1. The maximum atomic E-state index is 13.6. The van der Waals surface area contributed by atoms with Crippen LogP contribution in [0, 0.1) is 5.82 Å². The summed E-state index contributed by atoms with van der Waals surface area (Å²) in [7, 11) is 0. The second-order valence-corrected chi connectivity index (χ2v) is 5.23. The molecule has 0 bridgehead atoms. The number of hydrogen-bond acceptors (Lipinski definition) is 4. The van der Waals surface area contributed by atoms with E-state index in [4.69, 9.17) is 39.4 Å². The van der Waals surface area contributed by atoms with Crippen molar-refractivity contribution < 1.29 is 9.13 Å². The third kappa shape index (κ3) is 3.37. The zero-order valence-electron chi connectivity index (χ0n) is 11.2. The Bertz CT molecular complexity index is 667. The number of halogens is 3. The number of nitrogens with two attached hydrogens (primary N) is 2. The summed E-state index contributed by atoms with van der Waals surface area (Å²) < 4.78 is 19.3. The summed E-state index contributed by atoms with van der Waals surface area (Å²) in [5.41, 5.74) is 12.4.